The molecule has 7 atom stereocenters. The highest BCUT2D eigenvalue weighted by atomic mass is 16.7. The Morgan fingerprint density at radius 1 is 1.23 bits per heavy atom. The molecule has 0 bridgehead atoms. The van der Waals surface area contributed by atoms with E-state index in [1.807, 2.05) is 0 Å². The van der Waals surface area contributed by atoms with E-state index in [0.29, 0.717) is 12.4 Å². The monoisotopic (exact) mass is 310 g/mol. The van der Waals surface area contributed by atoms with Gasteiger partial charge in [0.25, 0.3) is 6.47 Å². The first-order valence-corrected chi connectivity index (χ1v) is 8.89. The highest BCUT2D eigenvalue weighted by molar-refractivity contribution is 5.37. The summed E-state index contributed by atoms with van der Waals surface area (Å²) in [5.41, 5.74) is -0.524. The number of aliphatic hydroxyl groups excluding tert-OH is 1. The molecule has 2 saturated carbocycles. The summed E-state index contributed by atoms with van der Waals surface area (Å²) in [4.78, 5) is 10.8. The summed E-state index contributed by atoms with van der Waals surface area (Å²) in [6.07, 6.45) is 6.65. The molecular formula is C18H30O4. The van der Waals surface area contributed by atoms with Crippen molar-refractivity contribution in [2.45, 2.75) is 83.7 Å². The number of aliphatic hydroxyl groups is 1. The van der Waals surface area contributed by atoms with Crippen LogP contribution < -0.4 is 0 Å². The Kier molecular flexibility index (Phi) is 4.28. The highest BCUT2D eigenvalue weighted by Crippen LogP contribution is 2.62. The fraction of sp³-hybridized carbons (Fsp3) is 0.944. The lowest BCUT2D eigenvalue weighted by molar-refractivity contribution is -0.310. The minimum Gasteiger partial charge on any atom is -0.435 e. The lowest BCUT2D eigenvalue weighted by Crippen LogP contribution is -2.65. The predicted molar refractivity (Wildman–Crippen MR) is 83.0 cm³/mol. The molecule has 22 heavy (non-hydrogen) atoms. The van der Waals surface area contributed by atoms with Crippen molar-refractivity contribution in [3.05, 3.63) is 0 Å². The third-order valence-electron chi connectivity index (χ3n) is 7.03. The molecule has 2 aliphatic carbocycles. The van der Waals surface area contributed by atoms with Gasteiger partial charge in [-0.2, -0.15) is 0 Å². The second-order valence-corrected chi connectivity index (χ2v) is 8.12. The molecule has 126 valence electrons. The first-order chi connectivity index (χ1) is 10.4. The zero-order chi connectivity index (χ0) is 16.0. The summed E-state index contributed by atoms with van der Waals surface area (Å²) in [6.45, 7) is 7.18. The molecule has 3 rings (SSSR count). The minimum atomic E-state index is -1.15. The van der Waals surface area contributed by atoms with Gasteiger partial charge in [0.05, 0.1) is 6.10 Å². The molecule has 0 aromatic heterocycles. The van der Waals surface area contributed by atoms with E-state index in [0.717, 1.165) is 31.6 Å². The van der Waals surface area contributed by atoms with Crippen LogP contribution in [0.4, 0.5) is 0 Å². The van der Waals surface area contributed by atoms with E-state index in [1.54, 1.807) is 0 Å². The molecule has 1 aliphatic heterocycles. The van der Waals surface area contributed by atoms with Crippen LogP contribution in [0.3, 0.4) is 0 Å². The van der Waals surface area contributed by atoms with Crippen molar-refractivity contribution in [1.82, 2.24) is 0 Å². The van der Waals surface area contributed by atoms with Gasteiger partial charge in [0.15, 0.2) is 0 Å². The summed E-state index contributed by atoms with van der Waals surface area (Å²) in [7, 11) is 0. The number of rotatable bonds is 3. The molecule has 1 saturated heterocycles. The van der Waals surface area contributed by atoms with E-state index in [1.165, 1.54) is 19.3 Å². The van der Waals surface area contributed by atoms with Crippen LogP contribution in [0.15, 0.2) is 0 Å². The smallest absolute Gasteiger partial charge is 0.295 e. The van der Waals surface area contributed by atoms with E-state index in [4.69, 9.17) is 9.47 Å². The molecular weight excluding hydrogens is 280 g/mol. The van der Waals surface area contributed by atoms with Gasteiger partial charge in [-0.3, -0.25) is 4.79 Å². The van der Waals surface area contributed by atoms with E-state index in [2.05, 4.69) is 20.8 Å². The maximum Gasteiger partial charge on any atom is 0.295 e. The first kappa shape index (κ1) is 16.3. The maximum atomic E-state index is 10.8. The number of fused-ring (bicyclic) bond motifs is 3. The van der Waals surface area contributed by atoms with Gasteiger partial charge in [-0.25, -0.2) is 0 Å². The lowest BCUT2D eigenvalue weighted by Gasteiger charge is -2.62. The zero-order valence-electron chi connectivity index (χ0n) is 14.1. The van der Waals surface area contributed by atoms with Gasteiger partial charge in [0.2, 0.25) is 6.29 Å². The SMILES string of the molecule is C[C@@H]1CCC[C@]2(C)[C@H]3CC[C@H](C)O[C@]3(C(O)OC=O)CC[C@@H]12. The van der Waals surface area contributed by atoms with Crippen LogP contribution >= 0.6 is 0 Å². The Hall–Kier alpha value is -0.610. The second kappa shape index (κ2) is 5.79. The third-order valence-corrected chi connectivity index (χ3v) is 7.03. The standard InChI is InChI=1S/C18H30O4/c1-12-5-4-9-17(3)14(12)8-10-18(16(20)21-11-19)15(17)7-6-13(2)22-18/h11-16,20H,4-10H2,1-3H3/t12-,13+,14+,15-,16?,17+,18-/m1/s1. The van der Waals surface area contributed by atoms with Gasteiger partial charge in [-0.1, -0.05) is 26.7 Å². The third kappa shape index (κ3) is 2.30. The summed E-state index contributed by atoms with van der Waals surface area (Å²) < 4.78 is 11.3. The fourth-order valence-corrected chi connectivity index (χ4v) is 6.07. The van der Waals surface area contributed by atoms with Crippen molar-refractivity contribution in [1.29, 1.82) is 0 Å². The lowest BCUT2D eigenvalue weighted by atomic mass is 9.47. The molecule has 4 heteroatoms. The summed E-state index contributed by atoms with van der Waals surface area (Å²) >= 11 is 0. The van der Waals surface area contributed by atoms with Crippen molar-refractivity contribution in [3.8, 4) is 0 Å². The minimum absolute atomic E-state index is 0.113. The molecule has 0 radical (unpaired) electrons. The first-order valence-electron chi connectivity index (χ1n) is 8.89. The Balaban J connectivity index is 1.97. The largest absolute Gasteiger partial charge is 0.435 e. The molecule has 0 aromatic carbocycles. The van der Waals surface area contributed by atoms with Gasteiger partial charge < -0.3 is 14.6 Å². The number of carbonyl (C=O) groups excluding carboxylic acids is 1. The van der Waals surface area contributed by atoms with E-state index in [-0.39, 0.29) is 17.4 Å². The molecule has 4 nitrogen and oxygen atoms in total. The van der Waals surface area contributed by atoms with Crippen molar-refractivity contribution in [2.75, 3.05) is 0 Å². The van der Waals surface area contributed by atoms with E-state index in [9.17, 15) is 9.90 Å². The van der Waals surface area contributed by atoms with Gasteiger partial charge in [0.1, 0.15) is 5.60 Å². The Bertz CT molecular complexity index is 425. The summed E-state index contributed by atoms with van der Waals surface area (Å²) in [5.74, 6) is 1.70. The van der Waals surface area contributed by atoms with Crippen LogP contribution in [-0.4, -0.2) is 29.6 Å². The average Bonchev–Trinajstić information content (AvgIpc) is 2.46. The van der Waals surface area contributed by atoms with Crippen molar-refractivity contribution >= 4 is 6.47 Å². The molecule has 1 heterocycles. The van der Waals surface area contributed by atoms with Gasteiger partial charge in [0, 0.05) is 0 Å². The Morgan fingerprint density at radius 2 is 2.00 bits per heavy atom. The van der Waals surface area contributed by atoms with Crippen LogP contribution in [0.5, 0.6) is 0 Å². The molecule has 0 aromatic rings. The molecule has 3 fully saturated rings. The van der Waals surface area contributed by atoms with E-state index >= 15 is 0 Å². The molecule has 0 spiro atoms. The number of hydrogen-bond acceptors (Lipinski definition) is 4. The molecule has 3 aliphatic rings. The second-order valence-electron chi connectivity index (χ2n) is 8.12. The van der Waals surface area contributed by atoms with Crippen LogP contribution in [0, 0.1) is 23.2 Å². The van der Waals surface area contributed by atoms with Crippen molar-refractivity contribution < 1.29 is 19.4 Å². The van der Waals surface area contributed by atoms with Gasteiger partial charge >= 0.3 is 0 Å². The quantitative estimate of drug-likeness (QED) is 0.642. The fourth-order valence-electron chi connectivity index (χ4n) is 6.07. The van der Waals surface area contributed by atoms with Crippen LogP contribution in [0.25, 0.3) is 0 Å². The topological polar surface area (TPSA) is 55.8 Å². The highest BCUT2D eigenvalue weighted by Gasteiger charge is 2.62. The summed E-state index contributed by atoms with van der Waals surface area (Å²) in [5, 5.41) is 10.6. The normalized spacial score (nSPS) is 49.6. The predicted octanol–water partition coefficient (Wildman–Crippen LogP) is 3.27. The molecule has 0 amide bonds. The Labute approximate surface area is 133 Å². The summed E-state index contributed by atoms with van der Waals surface area (Å²) in [6, 6.07) is 0. The Morgan fingerprint density at radius 3 is 2.73 bits per heavy atom. The van der Waals surface area contributed by atoms with Gasteiger partial charge in [-0.15, -0.1) is 0 Å². The number of hydrogen-bond donors (Lipinski definition) is 1. The zero-order valence-corrected chi connectivity index (χ0v) is 14.1. The average molecular weight is 310 g/mol. The van der Waals surface area contributed by atoms with Crippen molar-refractivity contribution in [2.24, 2.45) is 23.2 Å². The van der Waals surface area contributed by atoms with Crippen LogP contribution in [-0.2, 0) is 14.3 Å². The number of carbonyl (C=O) groups is 1. The molecule has 1 unspecified atom stereocenters. The van der Waals surface area contributed by atoms with Crippen molar-refractivity contribution in [3.63, 3.8) is 0 Å². The molecule has 1 N–H and O–H groups in total. The van der Waals surface area contributed by atoms with Crippen LogP contribution in [0.2, 0.25) is 0 Å². The maximum absolute atomic E-state index is 10.8. The number of ether oxygens (including phenoxy) is 2. The van der Waals surface area contributed by atoms with Gasteiger partial charge in [-0.05, 0) is 62.2 Å². The van der Waals surface area contributed by atoms with Crippen LogP contribution in [0.1, 0.15) is 65.7 Å². The van der Waals surface area contributed by atoms with E-state index < -0.39 is 11.9 Å².